The minimum absolute atomic E-state index is 0.224. The van der Waals surface area contributed by atoms with Crippen molar-refractivity contribution in [3.63, 3.8) is 0 Å². The first kappa shape index (κ1) is 18.6. The number of carbonyl (C=O) groups is 1. The van der Waals surface area contributed by atoms with Gasteiger partial charge in [0.25, 0.3) is 5.91 Å². The predicted octanol–water partition coefficient (Wildman–Crippen LogP) is 3.47. The first-order valence-corrected chi connectivity index (χ1v) is 8.40. The van der Waals surface area contributed by atoms with Gasteiger partial charge in [0.2, 0.25) is 0 Å². The van der Waals surface area contributed by atoms with Crippen molar-refractivity contribution in [1.82, 2.24) is 5.32 Å². The number of aryl methyl sites for hydroxylation is 1. The highest BCUT2D eigenvalue weighted by Gasteiger charge is 2.15. The fraction of sp³-hybridized carbons (Fsp3) is 0.350. The largest absolute Gasteiger partial charge is 0.493 e. The zero-order chi connectivity index (χ0) is 18.1. The Balaban J connectivity index is 1.84. The van der Waals surface area contributed by atoms with Crippen LogP contribution >= 0.6 is 0 Å². The molecule has 0 aliphatic rings. The van der Waals surface area contributed by atoms with E-state index >= 15 is 0 Å². The third-order valence-electron chi connectivity index (χ3n) is 3.77. The van der Waals surface area contributed by atoms with Gasteiger partial charge in [-0.3, -0.25) is 4.79 Å². The molecule has 0 unspecified atom stereocenters. The average Bonchev–Trinajstić information content (AvgIpc) is 2.65. The Hall–Kier alpha value is -2.69. The number of ether oxygens (including phenoxy) is 3. The third-order valence-corrected chi connectivity index (χ3v) is 3.77. The minimum atomic E-state index is -0.224. The number of rotatable bonds is 9. The quantitative estimate of drug-likeness (QED) is 0.709. The van der Waals surface area contributed by atoms with Crippen molar-refractivity contribution >= 4 is 5.91 Å². The molecule has 0 radical (unpaired) electrons. The second-order valence-electron chi connectivity index (χ2n) is 5.54. The maximum absolute atomic E-state index is 12.3. The van der Waals surface area contributed by atoms with Gasteiger partial charge in [-0.05, 0) is 36.2 Å². The van der Waals surface area contributed by atoms with E-state index in [0.29, 0.717) is 30.2 Å². The molecule has 2 aromatic rings. The number of para-hydroxylation sites is 1. The lowest BCUT2D eigenvalue weighted by Gasteiger charge is -2.13. The SMILES string of the molecule is CCCc1ccc(OCCNC(=O)c2cccc(OC)c2OC)cc1. The summed E-state index contributed by atoms with van der Waals surface area (Å²) in [6.07, 6.45) is 2.19. The Bertz CT molecular complexity index is 683. The summed E-state index contributed by atoms with van der Waals surface area (Å²) in [6, 6.07) is 13.3. The van der Waals surface area contributed by atoms with Crippen LogP contribution in [0.15, 0.2) is 42.5 Å². The Kier molecular flexibility index (Phi) is 7.14. The molecule has 0 aliphatic carbocycles. The lowest BCUT2D eigenvalue weighted by Crippen LogP contribution is -2.28. The van der Waals surface area contributed by atoms with Crippen molar-refractivity contribution in [1.29, 1.82) is 0 Å². The van der Waals surface area contributed by atoms with Crippen molar-refractivity contribution in [2.45, 2.75) is 19.8 Å². The van der Waals surface area contributed by atoms with Crippen LogP contribution in [0.4, 0.5) is 0 Å². The molecule has 0 aliphatic heterocycles. The van der Waals surface area contributed by atoms with E-state index in [9.17, 15) is 4.79 Å². The van der Waals surface area contributed by atoms with E-state index in [1.54, 1.807) is 25.3 Å². The van der Waals surface area contributed by atoms with Crippen LogP contribution in [0.2, 0.25) is 0 Å². The van der Waals surface area contributed by atoms with Crippen LogP contribution in [0.5, 0.6) is 17.2 Å². The predicted molar refractivity (Wildman–Crippen MR) is 97.8 cm³/mol. The van der Waals surface area contributed by atoms with Crippen LogP contribution in [0.1, 0.15) is 29.3 Å². The Labute approximate surface area is 148 Å². The maximum Gasteiger partial charge on any atom is 0.255 e. The van der Waals surface area contributed by atoms with Crippen molar-refractivity contribution in [2.24, 2.45) is 0 Å². The van der Waals surface area contributed by atoms with E-state index in [-0.39, 0.29) is 5.91 Å². The molecule has 0 saturated carbocycles. The van der Waals surface area contributed by atoms with E-state index in [4.69, 9.17) is 14.2 Å². The Morgan fingerprint density at radius 2 is 1.80 bits per heavy atom. The van der Waals surface area contributed by atoms with Gasteiger partial charge in [-0.2, -0.15) is 0 Å². The zero-order valence-corrected chi connectivity index (χ0v) is 15.0. The molecular weight excluding hydrogens is 318 g/mol. The van der Waals surface area contributed by atoms with E-state index in [0.717, 1.165) is 18.6 Å². The highest BCUT2D eigenvalue weighted by molar-refractivity contribution is 5.97. The van der Waals surface area contributed by atoms with Gasteiger partial charge in [-0.25, -0.2) is 0 Å². The van der Waals surface area contributed by atoms with Crippen molar-refractivity contribution < 1.29 is 19.0 Å². The molecule has 0 saturated heterocycles. The number of carbonyl (C=O) groups excluding carboxylic acids is 1. The molecule has 0 heterocycles. The van der Waals surface area contributed by atoms with Crippen LogP contribution in [0, 0.1) is 0 Å². The molecule has 134 valence electrons. The van der Waals surface area contributed by atoms with Gasteiger partial charge in [0.15, 0.2) is 11.5 Å². The number of benzene rings is 2. The molecule has 0 spiro atoms. The lowest BCUT2D eigenvalue weighted by atomic mass is 10.1. The first-order valence-electron chi connectivity index (χ1n) is 8.40. The molecule has 5 nitrogen and oxygen atoms in total. The van der Waals surface area contributed by atoms with Crippen molar-refractivity contribution in [3.05, 3.63) is 53.6 Å². The molecule has 1 N–H and O–H groups in total. The van der Waals surface area contributed by atoms with Crippen molar-refractivity contribution in [3.8, 4) is 17.2 Å². The molecule has 0 aromatic heterocycles. The minimum Gasteiger partial charge on any atom is -0.493 e. The van der Waals surface area contributed by atoms with Gasteiger partial charge >= 0.3 is 0 Å². The number of hydrogen-bond donors (Lipinski definition) is 1. The molecular formula is C20H25NO4. The number of amides is 1. The molecule has 5 heteroatoms. The lowest BCUT2D eigenvalue weighted by molar-refractivity contribution is 0.0943. The number of methoxy groups -OCH3 is 2. The molecule has 0 fully saturated rings. The summed E-state index contributed by atoms with van der Waals surface area (Å²) in [5.41, 5.74) is 1.74. The topological polar surface area (TPSA) is 56.8 Å². The van der Waals surface area contributed by atoms with Gasteiger partial charge in [0.05, 0.1) is 26.3 Å². The van der Waals surface area contributed by atoms with Crippen LogP contribution in [0.3, 0.4) is 0 Å². The third kappa shape index (κ3) is 5.14. The first-order chi connectivity index (χ1) is 12.2. The molecule has 25 heavy (non-hydrogen) atoms. The van der Waals surface area contributed by atoms with Crippen LogP contribution in [-0.2, 0) is 6.42 Å². The summed E-state index contributed by atoms with van der Waals surface area (Å²) in [5, 5.41) is 2.83. The van der Waals surface area contributed by atoms with Gasteiger partial charge in [-0.1, -0.05) is 31.5 Å². The summed E-state index contributed by atoms with van der Waals surface area (Å²) in [7, 11) is 3.05. The summed E-state index contributed by atoms with van der Waals surface area (Å²) in [4.78, 5) is 12.3. The fourth-order valence-corrected chi connectivity index (χ4v) is 2.54. The molecule has 2 aromatic carbocycles. The maximum atomic E-state index is 12.3. The second kappa shape index (κ2) is 9.57. The van der Waals surface area contributed by atoms with Crippen LogP contribution < -0.4 is 19.5 Å². The fourth-order valence-electron chi connectivity index (χ4n) is 2.54. The monoisotopic (exact) mass is 343 g/mol. The van der Waals surface area contributed by atoms with E-state index < -0.39 is 0 Å². The summed E-state index contributed by atoms with van der Waals surface area (Å²) in [5.74, 6) is 1.53. The zero-order valence-electron chi connectivity index (χ0n) is 15.0. The van der Waals surface area contributed by atoms with Gasteiger partial charge < -0.3 is 19.5 Å². The Morgan fingerprint density at radius 1 is 1.04 bits per heavy atom. The van der Waals surface area contributed by atoms with E-state index in [1.165, 1.54) is 12.7 Å². The van der Waals surface area contributed by atoms with Crippen molar-refractivity contribution in [2.75, 3.05) is 27.4 Å². The summed E-state index contributed by atoms with van der Waals surface area (Å²) in [6.45, 7) is 2.95. The second-order valence-corrected chi connectivity index (χ2v) is 5.54. The number of nitrogens with one attached hydrogen (secondary N) is 1. The standard InChI is InChI=1S/C20H25NO4/c1-4-6-15-9-11-16(12-10-15)25-14-13-21-20(22)17-7-5-8-18(23-2)19(17)24-3/h5,7-12H,4,6,13-14H2,1-3H3,(H,21,22). The molecule has 1 amide bonds. The summed E-state index contributed by atoms with van der Waals surface area (Å²) < 4.78 is 16.1. The van der Waals surface area contributed by atoms with Gasteiger partial charge in [-0.15, -0.1) is 0 Å². The molecule has 0 atom stereocenters. The summed E-state index contributed by atoms with van der Waals surface area (Å²) >= 11 is 0. The molecule has 2 rings (SSSR count). The highest BCUT2D eigenvalue weighted by atomic mass is 16.5. The smallest absolute Gasteiger partial charge is 0.255 e. The Morgan fingerprint density at radius 3 is 2.44 bits per heavy atom. The average molecular weight is 343 g/mol. The van der Waals surface area contributed by atoms with E-state index in [1.807, 2.05) is 12.1 Å². The van der Waals surface area contributed by atoms with Crippen LogP contribution in [-0.4, -0.2) is 33.3 Å². The normalized spacial score (nSPS) is 10.2. The number of hydrogen-bond acceptors (Lipinski definition) is 4. The van der Waals surface area contributed by atoms with E-state index in [2.05, 4.69) is 24.4 Å². The van der Waals surface area contributed by atoms with Gasteiger partial charge in [0.1, 0.15) is 12.4 Å². The van der Waals surface area contributed by atoms with Crippen LogP contribution in [0.25, 0.3) is 0 Å². The molecule has 0 bridgehead atoms. The van der Waals surface area contributed by atoms with Gasteiger partial charge in [0, 0.05) is 0 Å². The highest BCUT2D eigenvalue weighted by Crippen LogP contribution is 2.30.